The van der Waals surface area contributed by atoms with Crippen LogP contribution < -0.4 is 9.64 Å². The molecule has 0 spiro atoms. The van der Waals surface area contributed by atoms with Gasteiger partial charge in [0, 0.05) is 13.1 Å². The summed E-state index contributed by atoms with van der Waals surface area (Å²) < 4.78 is 13.5. The first-order valence-electron chi connectivity index (χ1n) is 4.53. The Morgan fingerprint density at radius 2 is 2.00 bits per heavy atom. The van der Waals surface area contributed by atoms with Crippen LogP contribution in [0.4, 0.5) is 5.82 Å². The number of hydrogen-bond donors (Lipinski definition) is 0. The number of nitrogens with zero attached hydrogens (tertiary/aromatic N) is 3. The normalized spacial score (nSPS) is 17.5. The zero-order valence-electron chi connectivity index (χ0n) is 7.69. The molecule has 1 aliphatic rings. The first-order valence-corrected chi connectivity index (χ1v) is 5.26. The maximum atomic E-state index is 5.13. The minimum atomic E-state index is 0.673. The van der Waals surface area contributed by atoms with E-state index < -0.39 is 0 Å². The Morgan fingerprint density at radius 1 is 1.23 bits per heavy atom. The van der Waals surface area contributed by atoms with E-state index in [4.69, 9.17) is 4.74 Å². The molecule has 1 saturated heterocycles. The SMILES string of the molecule is COc1nsnc1N1CCCCC1. The van der Waals surface area contributed by atoms with Gasteiger partial charge in [0.2, 0.25) is 5.82 Å². The minimum Gasteiger partial charge on any atom is -0.478 e. The summed E-state index contributed by atoms with van der Waals surface area (Å²) in [5.41, 5.74) is 0. The number of piperidine rings is 1. The Morgan fingerprint density at radius 3 is 2.69 bits per heavy atom. The van der Waals surface area contributed by atoms with Crippen LogP contribution in [-0.2, 0) is 0 Å². The number of anilines is 1. The summed E-state index contributed by atoms with van der Waals surface area (Å²) in [5.74, 6) is 1.60. The fraction of sp³-hybridized carbons (Fsp3) is 0.750. The Balaban J connectivity index is 2.13. The second-order valence-electron chi connectivity index (χ2n) is 3.14. The Labute approximate surface area is 81.9 Å². The highest BCUT2D eigenvalue weighted by Crippen LogP contribution is 2.27. The molecule has 0 aromatic carbocycles. The van der Waals surface area contributed by atoms with Crippen LogP contribution in [0, 0.1) is 0 Å². The van der Waals surface area contributed by atoms with Gasteiger partial charge in [-0.15, -0.1) is 4.37 Å². The molecule has 2 heterocycles. The molecule has 5 heteroatoms. The summed E-state index contributed by atoms with van der Waals surface area (Å²) in [5, 5.41) is 0. The van der Waals surface area contributed by atoms with Gasteiger partial charge >= 0.3 is 0 Å². The second kappa shape index (κ2) is 3.91. The molecule has 4 nitrogen and oxygen atoms in total. The quantitative estimate of drug-likeness (QED) is 0.724. The summed E-state index contributed by atoms with van der Waals surface area (Å²) in [6.07, 6.45) is 3.83. The molecule has 1 fully saturated rings. The molecule has 2 rings (SSSR count). The van der Waals surface area contributed by atoms with Crippen LogP contribution in [0.15, 0.2) is 0 Å². The second-order valence-corrected chi connectivity index (χ2v) is 3.67. The van der Waals surface area contributed by atoms with Gasteiger partial charge < -0.3 is 9.64 Å². The maximum absolute atomic E-state index is 5.13. The lowest BCUT2D eigenvalue weighted by molar-refractivity contribution is 0.400. The zero-order chi connectivity index (χ0) is 9.10. The van der Waals surface area contributed by atoms with Gasteiger partial charge in [-0.2, -0.15) is 4.37 Å². The average molecular weight is 199 g/mol. The molecule has 0 radical (unpaired) electrons. The van der Waals surface area contributed by atoms with E-state index in [1.165, 1.54) is 31.0 Å². The number of aromatic nitrogens is 2. The highest BCUT2D eigenvalue weighted by atomic mass is 32.1. The lowest BCUT2D eigenvalue weighted by Crippen LogP contribution is -2.29. The fourth-order valence-corrected chi connectivity index (χ4v) is 2.15. The molecule has 1 aromatic heterocycles. The van der Waals surface area contributed by atoms with Gasteiger partial charge in [0.25, 0.3) is 5.88 Å². The van der Waals surface area contributed by atoms with Crippen LogP contribution in [0.3, 0.4) is 0 Å². The molecular weight excluding hydrogens is 186 g/mol. The topological polar surface area (TPSA) is 38.3 Å². The van der Waals surface area contributed by atoms with E-state index in [2.05, 4.69) is 13.6 Å². The first kappa shape index (κ1) is 8.74. The molecule has 1 aliphatic heterocycles. The van der Waals surface area contributed by atoms with E-state index in [-0.39, 0.29) is 0 Å². The number of hydrogen-bond acceptors (Lipinski definition) is 5. The molecule has 13 heavy (non-hydrogen) atoms. The van der Waals surface area contributed by atoms with Crippen LogP contribution >= 0.6 is 11.7 Å². The van der Waals surface area contributed by atoms with Crippen molar-refractivity contribution in [2.24, 2.45) is 0 Å². The lowest BCUT2D eigenvalue weighted by atomic mass is 10.1. The fourth-order valence-electron chi connectivity index (χ4n) is 1.60. The van der Waals surface area contributed by atoms with E-state index in [9.17, 15) is 0 Å². The molecule has 0 N–H and O–H groups in total. The van der Waals surface area contributed by atoms with Crippen molar-refractivity contribution >= 4 is 17.5 Å². The monoisotopic (exact) mass is 199 g/mol. The average Bonchev–Trinajstić information content (AvgIpc) is 2.67. The van der Waals surface area contributed by atoms with E-state index in [0.29, 0.717) is 5.88 Å². The minimum absolute atomic E-state index is 0.673. The molecule has 0 aliphatic carbocycles. The Hall–Kier alpha value is -0.840. The Bertz CT molecular complexity index is 270. The largest absolute Gasteiger partial charge is 0.478 e. The third-order valence-electron chi connectivity index (χ3n) is 2.29. The van der Waals surface area contributed by atoms with Gasteiger partial charge in [-0.25, -0.2) is 0 Å². The molecule has 0 bridgehead atoms. The summed E-state index contributed by atoms with van der Waals surface area (Å²) in [7, 11) is 1.64. The summed E-state index contributed by atoms with van der Waals surface area (Å²) in [6, 6.07) is 0. The van der Waals surface area contributed by atoms with Crippen molar-refractivity contribution in [2.45, 2.75) is 19.3 Å². The van der Waals surface area contributed by atoms with Crippen LogP contribution in [0.25, 0.3) is 0 Å². The predicted molar refractivity (Wildman–Crippen MR) is 52.5 cm³/mol. The van der Waals surface area contributed by atoms with Crippen molar-refractivity contribution in [1.82, 2.24) is 8.75 Å². The van der Waals surface area contributed by atoms with Gasteiger partial charge in [0.1, 0.15) is 0 Å². The zero-order valence-corrected chi connectivity index (χ0v) is 8.51. The van der Waals surface area contributed by atoms with Crippen LogP contribution in [0.2, 0.25) is 0 Å². The number of methoxy groups -OCH3 is 1. The van der Waals surface area contributed by atoms with E-state index in [1.54, 1.807) is 7.11 Å². The van der Waals surface area contributed by atoms with Crippen molar-refractivity contribution in [3.63, 3.8) is 0 Å². The lowest BCUT2D eigenvalue weighted by Gasteiger charge is -2.26. The maximum Gasteiger partial charge on any atom is 0.270 e. The van der Waals surface area contributed by atoms with Crippen LogP contribution in [0.1, 0.15) is 19.3 Å². The van der Waals surface area contributed by atoms with E-state index in [0.717, 1.165) is 18.9 Å². The molecular formula is C8H13N3OS. The third-order valence-corrected chi connectivity index (χ3v) is 2.79. The van der Waals surface area contributed by atoms with Gasteiger partial charge in [-0.05, 0) is 19.3 Å². The van der Waals surface area contributed by atoms with Gasteiger partial charge in [0.15, 0.2) is 0 Å². The highest BCUT2D eigenvalue weighted by Gasteiger charge is 2.18. The van der Waals surface area contributed by atoms with Crippen molar-refractivity contribution < 1.29 is 4.74 Å². The molecule has 0 atom stereocenters. The van der Waals surface area contributed by atoms with E-state index in [1.807, 2.05) is 0 Å². The van der Waals surface area contributed by atoms with Crippen LogP contribution in [-0.4, -0.2) is 28.9 Å². The number of ether oxygens (including phenoxy) is 1. The molecule has 0 unspecified atom stereocenters. The first-order chi connectivity index (χ1) is 6.42. The van der Waals surface area contributed by atoms with Crippen molar-refractivity contribution in [3.05, 3.63) is 0 Å². The van der Waals surface area contributed by atoms with Crippen LogP contribution in [0.5, 0.6) is 5.88 Å². The van der Waals surface area contributed by atoms with E-state index >= 15 is 0 Å². The third kappa shape index (κ3) is 1.75. The molecule has 0 amide bonds. The summed E-state index contributed by atoms with van der Waals surface area (Å²) >= 11 is 1.22. The van der Waals surface area contributed by atoms with Gasteiger partial charge in [-0.1, -0.05) is 0 Å². The number of rotatable bonds is 2. The van der Waals surface area contributed by atoms with Crippen molar-refractivity contribution in [1.29, 1.82) is 0 Å². The molecule has 72 valence electrons. The standard InChI is InChI=1S/C8H13N3OS/c1-12-8-7(9-13-10-8)11-5-3-2-4-6-11/h2-6H2,1H3. The predicted octanol–water partition coefficient (Wildman–Crippen LogP) is 1.54. The highest BCUT2D eigenvalue weighted by molar-refractivity contribution is 6.99. The van der Waals surface area contributed by atoms with Gasteiger partial charge in [0.05, 0.1) is 18.8 Å². The van der Waals surface area contributed by atoms with Crippen molar-refractivity contribution in [3.8, 4) is 5.88 Å². The Kier molecular flexibility index (Phi) is 2.63. The van der Waals surface area contributed by atoms with Gasteiger partial charge in [-0.3, -0.25) is 0 Å². The molecule has 0 saturated carbocycles. The van der Waals surface area contributed by atoms with Crippen molar-refractivity contribution in [2.75, 3.05) is 25.1 Å². The summed E-state index contributed by atoms with van der Waals surface area (Å²) in [6.45, 7) is 2.17. The smallest absolute Gasteiger partial charge is 0.270 e. The molecule has 1 aromatic rings. The summed E-state index contributed by atoms with van der Waals surface area (Å²) in [4.78, 5) is 2.26.